The highest BCUT2D eigenvalue weighted by atomic mass is 16.5. The summed E-state index contributed by atoms with van der Waals surface area (Å²) in [6.07, 6.45) is 16.8. The average molecular weight is 426 g/mol. The zero-order valence-corrected chi connectivity index (χ0v) is 19.9. The third kappa shape index (κ3) is 10.8. The molecule has 3 heteroatoms. The number of ether oxygens (including phenoxy) is 2. The quantitative estimate of drug-likeness (QED) is 0.227. The number of hydrogen-bond donors (Lipinski definition) is 0. The second kappa shape index (κ2) is 16.8. The molecule has 0 atom stereocenters. The number of rotatable bonds is 18. The van der Waals surface area contributed by atoms with E-state index in [9.17, 15) is 0 Å². The molecule has 0 amide bonds. The predicted molar refractivity (Wildman–Crippen MR) is 132 cm³/mol. The lowest BCUT2D eigenvalue weighted by Crippen LogP contribution is -2.00. The summed E-state index contributed by atoms with van der Waals surface area (Å²) in [5.74, 6) is 0.933. The predicted octanol–water partition coefficient (Wildman–Crippen LogP) is 8.02. The summed E-state index contributed by atoms with van der Waals surface area (Å²) in [6, 6.07) is 12.5. The molecule has 0 spiro atoms. The lowest BCUT2D eigenvalue weighted by Gasteiger charge is -2.11. The molecular weight excluding hydrogens is 382 g/mol. The highest BCUT2D eigenvalue weighted by Crippen LogP contribution is 2.28. The van der Waals surface area contributed by atoms with Crippen LogP contribution in [0.15, 0.2) is 42.6 Å². The highest BCUT2D eigenvalue weighted by molar-refractivity contribution is 5.67. The van der Waals surface area contributed by atoms with Gasteiger partial charge in [0.05, 0.1) is 12.3 Å². The van der Waals surface area contributed by atoms with Gasteiger partial charge in [-0.2, -0.15) is 0 Å². The molecule has 0 bridgehead atoms. The van der Waals surface area contributed by atoms with Crippen LogP contribution >= 0.6 is 0 Å². The van der Waals surface area contributed by atoms with Crippen molar-refractivity contribution in [2.75, 3.05) is 19.8 Å². The Morgan fingerprint density at radius 1 is 0.677 bits per heavy atom. The number of benzene rings is 1. The summed E-state index contributed by atoms with van der Waals surface area (Å²) in [5, 5.41) is 0. The fourth-order valence-electron chi connectivity index (χ4n) is 3.71. The van der Waals surface area contributed by atoms with E-state index in [1.54, 1.807) is 0 Å². The van der Waals surface area contributed by atoms with Crippen molar-refractivity contribution < 1.29 is 9.47 Å². The molecule has 172 valence electrons. The van der Waals surface area contributed by atoms with Gasteiger partial charge < -0.3 is 9.47 Å². The molecule has 0 radical (unpaired) electrons. The standard InChI is InChI=1S/C28H43NO2/c1-3-5-7-9-10-13-21-30-22-15-16-25-19-20-27(29-24-25)26-17-11-12-18-28(26)31-23-14-8-6-4-2/h11-12,17-20,24H,3-10,13-16,21-23H2,1-2H3. The monoisotopic (exact) mass is 425 g/mol. The number of aromatic nitrogens is 1. The number of nitrogens with zero attached hydrogens (tertiary/aromatic N) is 1. The molecule has 1 heterocycles. The molecule has 0 aliphatic heterocycles. The third-order valence-electron chi connectivity index (χ3n) is 5.64. The minimum atomic E-state index is 0.772. The van der Waals surface area contributed by atoms with E-state index in [-0.39, 0.29) is 0 Å². The Labute approximate surface area is 190 Å². The van der Waals surface area contributed by atoms with Gasteiger partial charge in [-0.05, 0) is 49.4 Å². The number of hydrogen-bond acceptors (Lipinski definition) is 3. The van der Waals surface area contributed by atoms with Crippen molar-refractivity contribution in [3.63, 3.8) is 0 Å². The first-order chi connectivity index (χ1) is 15.3. The molecule has 0 aliphatic rings. The molecule has 1 aromatic carbocycles. The molecule has 0 saturated heterocycles. The van der Waals surface area contributed by atoms with Crippen LogP contribution in [-0.4, -0.2) is 24.8 Å². The molecular formula is C28H43NO2. The van der Waals surface area contributed by atoms with E-state index in [1.807, 2.05) is 18.3 Å². The minimum Gasteiger partial charge on any atom is -0.493 e. The SMILES string of the molecule is CCCCCCCCOCCCc1ccc(-c2ccccc2OCCCCCC)nc1. The number of pyridine rings is 1. The van der Waals surface area contributed by atoms with E-state index < -0.39 is 0 Å². The zero-order valence-electron chi connectivity index (χ0n) is 19.9. The summed E-state index contributed by atoms with van der Waals surface area (Å²) < 4.78 is 11.8. The van der Waals surface area contributed by atoms with Crippen LogP contribution in [0.25, 0.3) is 11.3 Å². The lowest BCUT2D eigenvalue weighted by molar-refractivity contribution is 0.127. The highest BCUT2D eigenvalue weighted by Gasteiger charge is 2.07. The molecule has 3 nitrogen and oxygen atoms in total. The second-order valence-electron chi connectivity index (χ2n) is 8.44. The normalized spacial score (nSPS) is 11.0. The number of para-hydroxylation sites is 1. The first-order valence-corrected chi connectivity index (χ1v) is 12.6. The Balaban J connectivity index is 1.68. The van der Waals surface area contributed by atoms with Gasteiger partial charge in [0.1, 0.15) is 5.75 Å². The van der Waals surface area contributed by atoms with Crippen LogP contribution in [0.3, 0.4) is 0 Å². The van der Waals surface area contributed by atoms with Gasteiger partial charge in [-0.3, -0.25) is 4.98 Å². The third-order valence-corrected chi connectivity index (χ3v) is 5.64. The summed E-state index contributed by atoms with van der Waals surface area (Å²) in [6.45, 7) is 7.00. The van der Waals surface area contributed by atoms with E-state index in [0.717, 1.165) is 56.1 Å². The van der Waals surface area contributed by atoms with Crippen LogP contribution in [0, 0.1) is 0 Å². The van der Waals surface area contributed by atoms with Crippen LogP contribution in [0.1, 0.15) is 90.0 Å². The summed E-state index contributed by atoms with van der Waals surface area (Å²) in [4.78, 5) is 4.71. The Bertz CT molecular complexity index is 684. The zero-order chi connectivity index (χ0) is 22.0. The van der Waals surface area contributed by atoms with Gasteiger partial charge in [-0.1, -0.05) is 83.4 Å². The van der Waals surface area contributed by atoms with E-state index in [0.29, 0.717) is 0 Å². The van der Waals surface area contributed by atoms with E-state index in [4.69, 9.17) is 14.5 Å². The van der Waals surface area contributed by atoms with Gasteiger partial charge in [-0.15, -0.1) is 0 Å². The molecule has 31 heavy (non-hydrogen) atoms. The van der Waals surface area contributed by atoms with Crippen LogP contribution < -0.4 is 4.74 Å². The number of aryl methyl sites for hydroxylation is 1. The Morgan fingerprint density at radius 3 is 2.13 bits per heavy atom. The van der Waals surface area contributed by atoms with Gasteiger partial charge in [0, 0.05) is 25.0 Å². The van der Waals surface area contributed by atoms with Crippen molar-refractivity contribution in [2.45, 2.75) is 90.9 Å². The van der Waals surface area contributed by atoms with Crippen molar-refractivity contribution in [3.8, 4) is 17.0 Å². The molecule has 0 fully saturated rings. The maximum atomic E-state index is 6.05. The number of unbranched alkanes of at least 4 members (excludes halogenated alkanes) is 8. The Morgan fingerprint density at radius 2 is 1.35 bits per heavy atom. The fraction of sp³-hybridized carbons (Fsp3) is 0.607. The van der Waals surface area contributed by atoms with Gasteiger partial charge in [0.25, 0.3) is 0 Å². The topological polar surface area (TPSA) is 31.4 Å². The van der Waals surface area contributed by atoms with Crippen molar-refractivity contribution in [1.82, 2.24) is 4.98 Å². The van der Waals surface area contributed by atoms with Crippen molar-refractivity contribution in [1.29, 1.82) is 0 Å². The van der Waals surface area contributed by atoms with Crippen molar-refractivity contribution in [2.24, 2.45) is 0 Å². The maximum absolute atomic E-state index is 6.05. The van der Waals surface area contributed by atoms with Gasteiger partial charge in [0.2, 0.25) is 0 Å². The van der Waals surface area contributed by atoms with Crippen LogP contribution in [0.4, 0.5) is 0 Å². The van der Waals surface area contributed by atoms with E-state index in [1.165, 1.54) is 63.4 Å². The molecule has 0 saturated carbocycles. The lowest BCUT2D eigenvalue weighted by atomic mass is 10.1. The molecule has 0 N–H and O–H groups in total. The van der Waals surface area contributed by atoms with Crippen LogP contribution in [0.5, 0.6) is 5.75 Å². The largest absolute Gasteiger partial charge is 0.493 e. The Hall–Kier alpha value is -1.87. The van der Waals surface area contributed by atoms with Crippen molar-refractivity contribution in [3.05, 3.63) is 48.2 Å². The average Bonchev–Trinajstić information content (AvgIpc) is 2.81. The molecule has 2 rings (SSSR count). The summed E-state index contributed by atoms with van der Waals surface area (Å²) in [5.41, 5.74) is 3.32. The molecule has 0 unspecified atom stereocenters. The second-order valence-corrected chi connectivity index (χ2v) is 8.44. The van der Waals surface area contributed by atoms with E-state index >= 15 is 0 Å². The fourth-order valence-corrected chi connectivity index (χ4v) is 3.71. The smallest absolute Gasteiger partial charge is 0.128 e. The van der Waals surface area contributed by atoms with Gasteiger partial charge in [0.15, 0.2) is 0 Å². The molecule has 2 aromatic rings. The maximum Gasteiger partial charge on any atom is 0.128 e. The van der Waals surface area contributed by atoms with E-state index in [2.05, 4.69) is 38.1 Å². The van der Waals surface area contributed by atoms with Gasteiger partial charge >= 0.3 is 0 Å². The Kier molecular flexibility index (Phi) is 13.7. The van der Waals surface area contributed by atoms with Crippen molar-refractivity contribution >= 4 is 0 Å². The minimum absolute atomic E-state index is 0.772. The summed E-state index contributed by atoms with van der Waals surface area (Å²) in [7, 11) is 0. The van der Waals surface area contributed by atoms with Gasteiger partial charge in [-0.25, -0.2) is 0 Å². The summed E-state index contributed by atoms with van der Waals surface area (Å²) >= 11 is 0. The molecule has 1 aromatic heterocycles. The first kappa shape index (κ1) is 25.4. The molecule has 0 aliphatic carbocycles. The first-order valence-electron chi connectivity index (χ1n) is 12.6. The van der Waals surface area contributed by atoms with Crippen LogP contribution in [0.2, 0.25) is 0 Å². The van der Waals surface area contributed by atoms with Crippen LogP contribution in [-0.2, 0) is 11.2 Å².